The lowest BCUT2D eigenvalue weighted by Crippen LogP contribution is -2.35. The number of aromatic hydroxyl groups is 2. The van der Waals surface area contributed by atoms with Crippen LogP contribution in [0, 0.1) is 0 Å². The van der Waals surface area contributed by atoms with Crippen molar-refractivity contribution in [2.24, 2.45) is 0 Å². The van der Waals surface area contributed by atoms with Crippen molar-refractivity contribution in [1.82, 2.24) is 4.90 Å². The van der Waals surface area contributed by atoms with Crippen LogP contribution in [-0.4, -0.2) is 46.7 Å². The highest BCUT2D eigenvalue weighted by atomic mass is 16.5. The van der Waals surface area contributed by atoms with Gasteiger partial charge in [-0.2, -0.15) is 0 Å². The van der Waals surface area contributed by atoms with Crippen LogP contribution in [0.25, 0.3) is 10.8 Å². The molecule has 2 N–H and O–H groups in total. The van der Waals surface area contributed by atoms with Gasteiger partial charge < -0.3 is 19.8 Å². The maximum Gasteiger partial charge on any atom is 0.342 e. The van der Waals surface area contributed by atoms with Crippen LogP contribution in [0.15, 0.2) is 55.6 Å². The van der Waals surface area contributed by atoms with Crippen molar-refractivity contribution in [3.8, 4) is 11.5 Å². The molecular formula is C19H19NO5. The number of hydrogen-bond acceptors (Lipinski definition) is 5. The van der Waals surface area contributed by atoms with Crippen LogP contribution in [0.5, 0.6) is 11.5 Å². The smallest absolute Gasteiger partial charge is 0.342 e. The number of carbonyl (C=O) groups excluding carboxylic acids is 2. The molecule has 2 aromatic rings. The van der Waals surface area contributed by atoms with E-state index in [1.807, 2.05) is 0 Å². The van der Waals surface area contributed by atoms with Crippen LogP contribution in [0.4, 0.5) is 0 Å². The molecule has 2 aromatic carbocycles. The van der Waals surface area contributed by atoms with E-state index in [0.717, 1.165) is 6.07 Å². The summed E-state index contributed by atoms with van der Waals surface area (Å²) in [6, 6.07) is 7.68. The lowest BCUT2D eigenvalue weighted by atomic mass is 10.0. The maximum absolute atomic E-state index is 12.2. The summed E-state index contributed by atoms with van der Waals surface area (Å²) in [7, 11) is 0. The molecule has 25 heavy (non-hydrogen) atoms. The van der Waals surface area contributed by atoms with Crippen molar-refractivity contribution in [3.63, 3.8) is 0 Å². The zero-order valence-electron chi connectivity index (χ0n) is 13.6. The van der Waals surface area contributed by atoms with Crippen molar-refractivity contribution in [3.05, 3.63) is 61.2 Å². The fraction of sp³-hybridized carbons (Fsp3) is 0.158. The summed E-state index contributed by atoms with van der Waals surface area (Å²) < 4.78 is 4.98. The van der Waals surface area contributed by atoms with E-state index < -0.39 is 18.5 Å². The summed E-state index contributed by atoms with van der Waals surface area (Å²) in [5, 5.41) is 21.0. The number of phenols is 2. The van der Waals surface area contributed by atoms with Crippen LogP contribution >= 0.6 is 0 Å². The predicted octanol–water partition coefficient (Wildman–Crippen LogP) is 2.61. The second kappa shape index (κ2) is 8.01. The molecule has 1 amide bonds. The van der Waals surface area contributed by atoms with Gasteiger partial charge in [0.25, 0.3) is 5.91 Å². The molecule has 0 fully saturated rings. The van der Waals surface area contributed by atoms with E-state index in [0.29, 0.717) is 23.9 Å². The normalized spacial score (nSPS) is 10.2. The molecule has 0 saturated heterocycles. The van der Waals surface area contributed by atoms with E-state index in [9.17, 15) is 19.8 Å². The first kappa shape index (κ1) is 18.1. The Bertz CT molecular complexity index is 818. The number of phenolic OH excluding ortho intramolecular Hbond substituents is 2. The Kier molecular flexibility index (Phi) is 5.79. The van der Waals surface area contributed by atoms with Gasteiger partial charge in [0, 0.05) is 23.9 Å². The topological polar surface area (TPSA) is 87.1 Å². The molecule has 0 unspecified atom stereocenters. The molecule has 0 heterocycles. The number of benzene rings is 2. The van der Waals surface area contributed by atoms with E-state index in [1.165, 1.54) is 4.90 Å². The third kappa shape index (κ3) is 3.98. The van der Waals surface area contributed by atoms with Gasteiger partial charge in [-0.1, -0.05) is 36.4 Å². The van der Waals surface area contributed by atoms with Crippen LogP contribution in [0.2, 0.25) is 0 Å². The van der Waals surface area contributed by atoms with Crippen LogP contribution in [0.1, 0.15) is 10.4 Å². The first-order valence-corrected chi connectivity index (χ1v) is 7.60. The lowest BCUT2D eigenvalue weighted by molar-refractivity contribution is -0.133. The summed E-state index contributed by atoms with van der Waals surface area (Å²) in [5.74, 6) is -1.78. The van der Waals surface area contributed by atoms with Gasteiger partial charge in [-0.3, -0.25) is 4.79 Å². The van der Waals surface area contributed by atoms with Crippen molar-refractivity contribution >= 4 is 22.6 Å². The highest BCUT2D eigenvalue weighted by molar-refractivity contribution is 6.04. The number of fused-ring (bicyclic) bond motifs is 1. The molecule has 130 valence electrons. The third-order valence-corrected chi connectivity index (χ3v) is 3.59. The minimum Gasteiger partial charge on any atom is -0.507 e. The number of amides is 1. The van der Waals surface area contributed by atoms with Crippen LogP contribution in [-0.2, 0) is 9.53 Å². The molecule has 0 aliphatic carbocycles. The summed E-state index contributed by atoms with van der Waals surface area (Å²) in [5.41, 5.74) is -0.206. The molecule has 0 atom stereocenters. The van der Waals surface area contributed by atoms with Crippen molar-refractivity contribution in [2.75, 3.05) is 19.7 Å². The van der Waals surface area contributed by atoms with Crippen molar-refractivity contribution in [2.45, 2.75) is 0 Å². The Morgan fingerprint density at radius 1 is 1.08 bits per heavy atom. The highest BCUT2D eigenvalue weighted by Crippen LogP contribution is 2.35. The zero-order valence-corrected chi connectivity index (χ0v) is 13.6. The van der Waals surface area contributed by atoms with Crippen LogP contribution in [0.3, 0.4) is 0 Å². The Morgan fingerprint density at radius 3 is 2.28 bits per heavy atom. The monoisotopic (exact) mass is 341 g/mol. The van der Waals surface area contributed by atoms with Gasteiger partial charge in [-0.25, -0.2) is 4.79 Å². The van der Waals surface area contributed by atoms with Gasteiger partial charge in [0.1, 0.15) is 17.1 Å². The van der Waals surface area contributed by atoms with Crippen molar-refractivity contribution < 1.29 is 24.5 Å². The molecule has 6 nitrogen and oxygen atoms in total. The standard InChI is InChI=1S/C19H19NO5/c1-3-9-20(10-4-2)17(22)12-25-19(24)15-11-16(21)13-7-5-6-8-14(13)18(15)23/h3-8,11,21,23H,1-2,9-10,12H2. The Labute approximate surface area is 145 Å². The number of rotatable bonds is 7. The van der Waals surface area contributed by atoms with E-state index in [-0.39, 0.29) is 17.1 Å². The lowest BCUT2D eigenvalue weighted by Gasteiger charge is -2.19. The molecule has 6 heteroatoms. The Balaban J connectivity index is 2.17. The van der Waals surface area contributed by atoms with E-state index >= 15 is 0 Å². The molecule has 0 aromatic heterocycles. The van der Waals surface area contributed by atoms with Gasteiger partial charge in [0.2, 0.25) is 0 Å². The maximum atomic E-state index is 12.2. The number of hydrogen-bond donors (Lipinski definition) is 2. The summed E-state index contributed by atoms with van der Waals surface area (Å²) in [6.07, 6.45) is 3.10. The number of ether oxygens (including phenoxy) is 1. The first-order chi connectivity index (χ1) is 12.0. The molecular weight excluding hydrogens is 322 g/mol. The molecule has 0 aliphatic rings. The van der Waals surface area contributed by atoms with E-state index in [1.54, 1.807) is 36.4 Å². The average Bonchev–Trinajstić information content (AvgIpc) is 2.62. The van der Waals surface area contributed by atoms with Crippen molar-refractivity contribution in [1.29, 1.82) is 0 Å². The summed E-state index contributed by atoms with van der Waals surface area (Å²) >= 11 is 0. The minimum absolute atomic E-state index is 0.161. The molecule has 2 rings (SSSR count). The quantitative estimate of drug-likeness (QED) is 0.459. The second-order valence-electron chi connectivity index (χ2n) is 5.29. The van der Waals surface area contributed by atoms with Gasteiger partial charge in [0.05, 0.1) is 0 Å². The summed E-state index contributed by atoms with van der Waals surface area (Å²) in [6.45, 7) is 7.22. The molecule has 0 radical (unpaired) electrons. The molecule has 0 aliphatic heterocycles. The van der Waals surface area contributed by atoms with Crippen LogP contribution < -0.4 is 0 Å². The molecule has 0 spiro atoms. The van der Waals surface area contributed by atoms with Gasteiger partial charge >= 0.3 is 5.97 Å². The first-order valence-electron chi connectivity index (χ1n) is 7.60. The summed E-state index contributed by atoms with van der Waals surface area (Å²) in [4.78, 5) is 25.7. The fourth-order valence-electron chi connectivity index (χ4n) is 2.38. The zero-order chi connectivity index (χ0) is 18.4. The Hall–Kier alpha value is -3.28. The number of nitrogens with zero attached hydrogens (tertiary/aromatic N) is 1. The molecule has 0 bridgehead atoms. The van der Waals surface area contributed by atoms with E-state index in [2.05, 4.69) is 13.2 Å². The minimum atomic E-state index is -0.899. The third-order valence-electron chi connectivity index (χ3n) is 3.59. The predicted molar refractivity (Wildman–Crippen MR) is 94.5 cm³/mol. The number of carbonyl (C=O) groups is 2. The van der Waals surface area contributed by atoms with Gasteiger partial charge in [-0.15, -0.1) is 13.2 Å². The highest BCUT2D eigenvalue weighted by Gasteiger charge is 2.20. The fourth-order valence-corrected chi connectivity index (χ4v) is 2.38. The largest absolute Gasteiger partial charge is 0.507 e. The SMILES string of the molecule is C=CCN(CC=C)C(=O)COC(=O)c1cc(O)c2ccccc2c1O. The van der Waals surface area contributed by atoms with E-state index in [4.69, 9.17) is 4.74 Å². The average molecular weight is 341 g/mol. The Morgan fingerprint density at radius 2 is 1.68 bits per heavy atom. The number of esters is 1. The van der Waals surface area contributed by atoms with Gasteiger partial charge in [0.15, 0.2) is 6.61 Å². The second-order valence-corrected chi connectivity index (χ2v) is 5.29. The van der Waals surface area contributed by atoms with Gasteiger partial charge in [-0.05, 0) is 6.07 Å². The molecule has 0 saturated carbocycles.